The maximum atomic E-state index is 11.0. The second-order valence-corrected chi connectivity index (χ2v) is 3.80. The van der Waals surface area contributed by atoms with Gasteiger partial charge in [0.25, 0.3) is 0 Å². The molecule has 104 valence electrons. The highest BCUT2D eigenvalue weighted by atomic mass is 16.5. The van der Waals surface area contributed by atoms with Crippen LogP contribution in [0.2, 0.25) is 0 Å². The first-order valence-corrected chi connectivity index (χ1v) is 5.83. The number of methoxy groups -OCH3 is 1. The van der Waals surface area contributed by atoms with Crippen molar-refractivity contribution in [3.8, 4) is 11.5 Å². The van der Waals surface area contributed by atoms with E-state index in [0.717, 1.165) is 0 Å². The zero-order valence-electron chi connectivity index (χ0n) is 10.9. The molecule has 0 aliphatic rings. The van der Waals surface area contributed by atoms with E-state index in [0.29, 0.717) is 30.9 Å². The Morgan fingerprint density at radius 3 is 2.63 bits per heavy atom. The molecule has 2 N–H and O–H groups in total. The first kappa shape index (κ1) is 14.8. The third-order valence-corrected chi connectivity index (χ3v) is 2.50. The van der Waals surface area contributed by atoms with Crippen LogP contribution in [0.4, 0.5) is 0 Å². The number of hydrogen-bond acceptors (Lipinski definition) is 4. The van der Waals surface area contributed by atoms with Gasteiger partial charge in [0.2, 0.25) is 5.91 Å². The molecule has 0 fully saturated rings. The summed E-state index contributed by atoms with van der Waals surface area (Å²) in [5.74, 6) is -0.245. The molecule has 1 amide bonds. The summed E-state index contributed by atoms with van der Waals surface area (Å²) in [4.78, 5) is 21.8. The first-order chi connectivity index (χ1) is 9.08. The van der Waals surface area contributed by atoms with Gasteiger partial charge >= 0.3 is 5.97 Å². The number of carbonyl (C=O) groups excluding carboxylic acids is 1. The summed E-state index contributed by atoms with van der Waals surface area (Å²) in [6.45, 7) is 0.357. The number of rotatable bonds is 7. The molecule has 0 saturated heterocycles. The van der Waals surface area contributed by atoms with Crippen LogP contribution >= 0.6 is 0 Å². The van der Waals surface area contributed by atoms with Crippen molar-refractivity contribution in [1.82, 2.24) is 5.32 Å². The summed E-state index contributed by atoms with van der Waals surface area (Å²) in [6.07, 6.45) is 0.954. The third-order valence-electron chi connectivity index (χ3n) is 2.50. The van der Waals surface area contributed by atoms with E-state index in [-0.39, 0.29) is 11.5 Å². The number of carbonyl (C=O) groups is 2. The van der Waals surface area contributed by atoms with Crippen LogP contribution in [0.5, 0.6) is 11.5 Å². The minimum atomic E-state index is -1.02. The van der Waals surface area contributed by atoms with Gasteiger partial charge < -0.3 is 19.9 Å². The summed E-state index contributed by atoms with van der Waals surface area (Å²) in [5, 5.41) is 11.4. The molecule has 0 spiro atoms. The fraction of sp³-hybridized carbons (Fsp3) is 0.385. The van der Waals surface area contributed by atoms with Crippen molar-refractivity contribution in [1.29, 1.82) is 0 Å². The van der Waals surface area contributed by atoms with E-state index in [1.807, 2.05) is 0 Å². The Morgan fingerprint density at radius 1 is 1.32 bits per heavy atom. The van der Waals surface area contributed by atoms with E-state index in [2.05, 4.69) is 5.32 Å². The smallest absolute Gasteiger partial charge is 0.335 e. The third kappa shape index (κ3) is 4.50. The van der Waals surface area contributed by atoms with Crippen LogP contribution in [0, 0.1) is 0 Å². The molecule has 0 atom stereocenters. The fourth-order valence-electron chi connectivity index (χ4n) is 1.46. The summed E-state index contributed by atoms with van der Waals surface area (Å²) < 4.78 is 10.5. The van der Waals surface area contributed by atoms with E-state index in [9.17, 15) is 9.59 Å². The zero-order valence-corrected chi connectivity index (χ0v) is 10.9. The Hall–Kier alpha value is -2.24. The number of nitrogens with one attached hydrogen (secondary N) is 1. The molecule has 19 heavy (non-hydrogen) atoms. The minimum absolute atomic E-state index is 0.0446. The highest BCUT2D eigenvalue weighted by molar-refractivity contribution is 5.88. The van der Waals surface area contributed by atoms with Gasteiger partial charge in [-0.25, -0.2) is 4.79 Å². The number of benzene rings is 1. The number of carboxylic acid groups (broad SMARTS) is 1. The Bertz CT molecular complexity index is 458. The standard InChI is InChI=1S/C13H17NO5/c1-14-12(15)4-3-7-19-10-6-5-9(13(16)17)8-11(10)18-2/h5-6,8H,3-4,7H2,1-2H3,(H,14,15)(H,16,17). The molecule has 1 aromatic carbocycles. The number of ether oxygens (including phenoxy) is 2. The van der Waals surface area contributed by atoms with Crippen LogP contribution in [0.1, 0.15) is 23.2 Å². The molecule has 0 bridgehead atoms. The van der Waals surface area contributed by atoms with Crippen LogP contribution < -0.4 is 14.8 Å². The molecule has 0 aliphatic heterocycles. The predicted molar refractivity (Wildman–Crippen MR) is 68.7 cm³/mol. The Morgan fingerprint density at radius 2 is 2.05 bits per heavy atom. The molecule has 0 unspecified atom stereocenters. The van der Waals surface area contributed by atoms with Crippen LogP contribution in [-0.4, -0.2) is 37.7 Å². The zero-order chi connectivity index (χ0) is 14.3. The number of aromatic carboxylic acids is 1. The topological polar surface area (TPSA) is 84.9 Å². The summed E-state index contributed by atoms with van der Waals surface area (Å²) in [7, 11) is 3.02. The summed E-state index contributed by atoms with van der Waals surface area (Å²) in [6, 6.07) is 4.39. The van der Waals surface area contributed by atoms with Gasteiger partial charge in [0.15, 0.2) is 11.5 Å². The van der Waals surface area contributed by atoms with E-state index in [1.54, 1.807) is 13.1 Å². The molecule has 6 heteroatoms. The molecule has 0 aliphatic carbocycles. The highest BCUT2D eigenvalue weighted by Gasteiger charge is 2.10. The normalized spacial score (nSPS) is 9.79. The van der Waals surface area contributed by atoms with Crippen LogP contribution in [-0.2, 0) is 4.79 Å². The van der Waals surface area contributed by atoms with Crippen LogP contribution in [0.3, 0.4) is 0 Å². The van der Waals surface area contributed by atoms with Crippen molar-refractivity contribution in [2.75, 3.05) is 20.8 Å². The van der Waals surface area contributed by atoms with E-state index in [1.165, 1.54) is 19.2 Å². The Balaban J connectivity index is 2.58. The van der Waals surface area contributed by atoms with Gasteiger partial charge in [-0.15, -0.1) is 0 Å². The van der Waals surface area contributed by atoms with Gasteiger partial charge in [-0.1, -0.05) is 0 Å². The predicted octanol–water partition coefficient (Wildman–Crippen LogP) is 1.30. The monoisotopic (exact) mass is 267 g/mol. The lowest BCUT2D eigenvalue weighted by molar-refractivity contribution is -0.120. The van der Waals surface area contributed by atoms with Gasteiger partial charge in [0, 0.05) is 13.5 Å². The molecule has 0 radical (unpaired) electrons. The maximum Gasteiger partial charge on any atom is 0.335 e. The van der Waals surface area contributed by atoms with Crippen molar-refractivity contribution in [3.05, 3.63) is 23.8 Å². The largest absolute Gasteiger partial charge is 0.493 e. The van der Waals surface area contributed by atoms with Gasteiger partial charge in [0.1, 0.15) is 0 Å². The molecular weight excluding hydrogens is 250 g/mol. The van der Waals surface area contributed by atoms with E-state index < -0.39 is 5.97 Å². The van der Waals surface area contributed by atoms with Gasteiger partial charge in [-0.05, 0) is 24.6 Å². The molecular formula is C13H17NO5. The second-order valence-electron chi connectivity index (χ2n) is 3.80. The summed E-state index contributed by atoms with van der Waals surface area (Å²) in [5.41, 5.74) is 0.134. The quantitative estimate of drug-likeness (QED) is 0.727. The van der Waals surface area contributed by atoms with Crippen molar-refractivity contribution in [3.63, 3.8) is 0 Å². The SMILES string of the molecule is CNC(=O)CCCOc1ccc(C(=O)O)cc1OC. The lowest BCUT2D eigenvalue weighted by Crippen LogP contribution is -2.18. The van der Waals surface area contributed by atoms with Crippen LogP contribution in [0.25, 0.3) is 0 Å². The van der Waals surface area contributed by atoms with Gasteiger partial charge in [-0.2, -0.15) is 0 Å². The Kier molecular flexibility index (Phi) is 5.66. The number of amides is 1. The lowest BCUT2D eigenvalue weighted by atomic mass is 10.2. The van der Waals surface area contributed by atoms with Gasteiger partial charge in [-0.3, -0.25) is 4.79 Å². The first-order valence-electron chi connectivity index (χ1n) is 5.83. The molecule has 0 saturated carbocycles. The van der Waals surface area contributed by atoms with Crippen molar-refractivity contribution < 1.29 is 24.2 Å². The van der Waals surface area contributed by atoms with E-state index in [4.69, 9.17) is 14.6 Å². The number of hydrogen-bond donors (Lipinski definition) is 2. The van der Waals surface area contributed by atoms with Gasteiger partial charge in [0.05, 0.1) is 19.3 Å². The molecule has 0 heterocycles. The maximum absolute atomic E-state index is 11.0. The molecule has 6 nitrogen and oxygen atoms in total. The second kappa shape index (κ2) is 7.25. The van der Waals surface area contributed by atoms with E-state index >= 15 is 0 Å². The Labute approximate surface area is 111 Å². The fourth-order valence-corrected chi connectivity index (χ4v) is 1.46. The molecule has 0 aromatic heterocycles. The average molecular weight is 267 g/mol. The van der Waals surface area contributed by atoms with Crippen molar-refractivity contribution >= 4 is 11.9 Å². The van der Waals surface area contributed by atoms with Crippen molar-refractivity contribution in [2.45, 2.75) is 12.8 Å². The minimum Gasteiger partial charge on any atom is -0.493 e. The molecule has 1 aromatic rings. The summed E-state index contributed by atoms with van der Waals surface area (Å²) >= 11 is 0. The molecule has 1 rings (SSSR count). The van der Waals surface area contributed by atoms with Crippen molar-refractivity contribution in [2.24, 2.45) is 0 Å². The lowest BCUT2D eigenvalue weighted by Gasteiger charge is -2.11. The average Bonchev–Trinajstić information content (AvgIpc) is 2.42. The highest BCUT2D eigenvalue weighted by Crippen LogP contribution is 2.28. The van der Waals surface area contributed by atoms with Crippen LogP contribution in [0.15, 0.2) is 18.2 Å². The number of carboxylic acids is 1.